The zero-order valence-corrected chi connectivity index (χ0v) is 14.6. The van der Waals surface area contributed by atoms with Crippen LogP contribution in [0.25, 0.3) is 10.2 Å². The van der Waals surface area contributed by atoms with Crippen LogP contribution in [0.15, 0.2) is 42.5 Å². The molecule has 1 aromatic heterocycles. The monoisotopic (exact) mass is 336 g/mol. The number of anilines is 1. The Morgan fingerprint density at radius 3 is 2.96 bits per heavy atom. The van der Waals surface area contributed by atoms with Gasteiger partial charge in [-0.25, -0.2) is 4.98 Å². The van der Waals surface area contributed by atoms with Gasteiger partial charge in [0.1, 0.15) is 0 Å². The highest BCUT2D eigenvalue weighted by Gasteiger charge is 2.25. The highest BCUT2D eigenvalue weighted by Crippen LogP contribution is 2.32. The van der Waals surface area contributed by atoms with E-state index in [0.29, 0.717) is 6.42 Å². The molecule has 0 atom stereocenters. The molecule has 4 heteroatoms. The maximum atomic E-state index is 12.6. The Bertz CT molecular complexity index is 867. The molecule has 24 heavy (non-hydrogen) atoms. The van der Waals surface area contributed by atoms with Gasteiger partial charge >= 0.3 is 0 Å². The lowest BCUT2D eigenvalue weighted by molar-refractivity contribution is -0.118. The first kappa shape index (κ1) is 15.3. The van der Waals surface area contributed by atoms with E-state index in [4.69, 9.17) is 0 Å². The van der Waals surface area contributed by atoms with Crippen LogP contribution in [0, 0.1) is 6.92 Å². The van der Waals surface area contributed by atoms with E-state index in [1.54, 1.807) is 11.3 Å². The number of aromatic nitrogens is 1. The van der Waals surface area contributed by atoms with Gasteiger partial charge in [-0.3, -0.25) is 4.79 Å². The number of fused-ring (bicyclic) bond motifs is 2. The Morgan fingerprint density at radius 2 is 2.08 bits per heavy atom. The summed E-state index contributed by atoms with van der Waals surface area (Å²) in [7, 11) is 0. The van der Waals surface area contributed by atoms with Gasteiger partial charge in [0.05, 0.1) is 15.2 Å². The van der Waals surface area contributed by atoms with E-state index in [0.717, 1.165) is 42.0 Å². The summed E-state index contributed by atoms with van der Waals surface area (Å²) in [6.07, 6.45) is 3.29. The number of amides is 1. The SMILES string of the molecule is Cc1cccc2c1N(C(=O)CCCc1nc3ccccc3s1)CC2. The summed E-state index contributed by atoms with van der Waals surface area (Å²) in [5.74, 6) is 0.240. The Morgan fingerprint density at radius 1 is 1.21 bits per heavy atom. The molecule has 2 aromatic carbocycles. The molecule has 2 heterocycles. The number of hydrogen-bond donors (Lipinski definition) is 0. The van der Waals surface area contributed by atoms with E-state index >= 15 is 0 Å². The molecule has 0 bridgehead atoms. The van der Waals surface area contributed by atoms with Crippen LogP contribution >= 0.6 is 11.3 Å². The van der Waals surface area contributed by atoms with Crippen LogP contribution in [0.3, 0.4) is 0 Å². The zero-order valence-electron chi connectivity index (χ0n) is 13.8. The number of thiazole rings is 1. The lowest BCUT2D eigenvalue weighted by Gasteiger charge is -2.19. The van der Waals surface area contributed by atoms with Gasteiger partial charge in [0, 0.05) is 18.7 Å². The average Bonchev–Trinajstić information content (AvgIpc) is 3.18. The average molecular weight is 336 g/mol. The molecule has 1 amide bonds. The van der Waals surface area contributed by atoms with Crippen LogP contribution in [0.5, 0.6) is 0 Å². The van der Waals surface area contributed by atoms with Gasteiger partial charge in [0.2, 0.25) is 5.91 Å². The minimum Gasteiger partial charge on any atom is -0.312 e. The highest BCUT2D eigenvalue weighted by molar-refractivity contribution is 7.18. The third kappa shape index (κ3) is 2.82. The standard InChI is InChI=1S/C20H20N2OS/c1-14-6-4-7-15-12-13-22(20(14)15)19(23)11-5-10-18-21-16-8-2-3-9-17(16)24-18/h2-4,6-9H,5,10-13H2,1H3. The predicted octanol–water partition coefficient (Wildman–Crippen LogP) is 4.52. The van der Waals surface area contributed by atoms with Gasteiger partial charge in [0.25, 0.3) is 0 Å². The molecule has 0 spiro atoms. The molecule has 0 saturated carbocycles. The van der Waals surface area contributed by atoms with Crippen molar-refractivity contribution in [2.45, 2.75) is 32.6 Å². The summed E-state index contributed by atoms with van der Waals surface area (Å²) in [6, 6.07) is 14.5. The van der Waals surface area contributed by atoms with Crippen LogP contribution in [0.1, 0.15) is 29.0 Å². The Labute approximate surface area is 146 Å². The van der Waals surface area contributed by atoms with Gasteiger partial charge in [-0.1, -0.05) is 30.3 Å². The van der Waals surface area contributed by atoms with Crippen LogP contribution < -0.4 is 4.90 Å². The van der Waals surface area contributed by atoms with Crippen molar-refractivity contribution in [3.05, 3.63) is 58.6 Å². The molecule has 1 aliphatic rings. The quantitative estimate of drug-likeness (QED) is 0.702. The first-order valence-corrected chi connectivity index (χ1v) is 9.27. The van der Waals surface area contributed by atoms with Crippen molar-refractivity contribution >= 4 is 33.1 Å². The molecule has 4 rings (SSSR count). The first-order valence-electron chi connectivity index (χ1n) is 8.46. The molecular weight excluding hydrogens is 316 g/mol. The fourth-order valence-corrected chi connectivity index (χ4v) is 4.46. The third-order valence-electron chi connectivity index (χ3n) is 4.62. The summed E-state index contributed by atoms with van der Waals surface area (Å²) in [5.41, 5.74) is 4.70. The second kappa shape index (κ2) is 6.36. The third-order valence-corrected chi connectivity index (χ3v) is 5.71. The number of para-hydroxylation sites is 2. The molecule has 1 aliphatic heterocycles. The Hall–Kier alpha value is -2.20. The van der Waals surface area contributed by atoms with E-state index in [1.807, 2.05) is 23.1 Å². The molecule has 3 aromatic rings. The summed E-state index contributed by atoms with van der Waals surface area (Å²) in [6.45, 7) is 2.91. The summed E-state index contributed by atoms with van der Waals surface area (Å²) in [5, 5.41) is 1.13. The number of aryl methyl sites for hydroxylation is 2. The van der Waals surface area contributed by atoms with E-state index in [1.165, 1.54) is 15.8 Å². The lowest BCUT2D eigenvalue weighted by atomic mass is 10.1. The fourth-order valence-electron chi connectivity index (χ4n) is 3.45. The Balaban J connectivity index is 1.39. The Kier molecular flexibility index (Phi) is 4.07. The van der Waals surface area contributed by atoms with Crippen LogP contribution in [-0.4, -0.2) is 17.4 Å². The van der Waals surface area contributed by atoms with Crippen molar-refractivity contribution in [1.82, 2.24) is 4.98 Å². The highest BCUT2D eigenvalue weighted by atomic mass is 32.1. The summed E-state index contributed by atoms with van der Waals surface area (Å²) < 4.78 is 1.22. The summed E-state index contributed by atoms with van der Waals surface area (Å²) >= 11 is 1.74. The van der Waals surface area contributed by atoms with Crippen molar-refractivity contribution in [2.24, 2.45) is 0 Å². The lowest BCUT2D eigenvalue weighted by Crippen LogP contribution is -2.29. The van der Waals surface area contributed by atoms with Crippen molar-refractivity contribution in [1.29, 1.82) is 0 Å². The molecular formula is C20H20N2OS. The number of nitrogens with zero attached hydrogens (tertiary/aromatic N) is 2. The maximum absolute atomic E-state index is 12.6. The second-order valence-electron chi connectivity index (χ2n) is 6.31. The molecule has 0 unspecified atom stereocenters. The number of benzene rings is 2. The van der Waals surface area contributed by atoms with Gasteiger partial charge in [-0.2, -0.15) is 0 Å². The minimum absolute atomic E-state index is 0.240. The van der Waals surface area contributed by atoms with Gasteiger partial charge in [0.15, 0.2) is 0 Å². The van der Waals surface area contributed by atoms with Gasteiger partial charge in [-0.05, 0) is 49.4 Å². The molecule has 122 valence electrons. The van der Waals surface area contributed by atoms with Gasteiger partial charge < -0.3 is 4.90 Å². The van der Waals surface area contributed by atoms with E-state index < -0.39 is 0 Å². The number of rotatable bonds is 4. The number of carbonyl (C=O) groups excluding carboxylic acids is 1. The topological polar surface area (TPSA) is 33.2 Å². The second-order valence-corrected chi connectivity index (χ2v) is 7.42. The fraction of sp³-hybridized carbons (Fsp3) is 0.300. The zero-order chi connectivity index (χ0) is 16.5. The van der Waals surface area contributed by atoms with Crippen molar-refractivity contribution in [2.75, 3.05) is 11.4 Å². The van der Waals surface area contributed by atoms with Gasteiger partial charge in [-0.15, -0.1) is 11.3 Å². The molecule has 0 aliphatic carbocycles. The molecule has 0 radical (unpaired) electrons. The maximum Gasteiger partial charge on any atom is 0.227 e. The van der Waals surface area contributed by atoms with Crippen LogP contribution in [-0.2, 0) is 17.6 Å². The van der Waals surface area contributed by atoms with Crippen molar-refractivity contribution in [3.63, 3.8) is 0 Å². The van der Waals surface area contributed by atoms with Crippen molar-refractivity contribution < 1.29 is 4.79 Å². The van der Waals surface area contributed by atoms with Crippen LogP contribution in [0.4, 0.5) is 5.69 Å². The molecule has 0 saturated heterocycles. The minimum atomic E-state index is 0.240. The molecule has 3 nitrogen and oxygen atoms in total. The first-order chi connectivity index (χ1) is 11.7. The largest absolute Gasteiger partial charge is 0.312 e. The number of carbonyl (C=O) groups is 1. The predicted molar refractivity (Wildman–Crippen MR) is 99.8 cm³/mol. The molecule has 0 fully saturated rings. The normalized spacial score (nSPS) is 13.5. The van der Waals surface area contributed by atoms with Crippen LogP contribution in [0.2, 0.25) is 0 Å². The summed E-state index contributed by atoms with van der Waals surface area (Å²) in [4.78, 5) is 19.3. The van der Waals surface area contributed by atoms with E-state index in [9.17, 15) is 4.79 Å². The molecule has 0 N–H and O–H groups in total. The van der Waals surface area contributed by atoms with E-state index in [-0.39, 0.29) is 5.91 Å². The number of hydrogen-bond acceptors (Lipinski definition) is 3. The van der Waals surface area contributed by atoms with Crippen molar-refractivity contribution in [3.8, 4) is 0 Å². The van der Waals surface area contributed by atoms with E-state index in [2.05, 4.69) is 36.2 Å². The smallest absolute Gasteiger partial charge is 0.227 e.